The summed E-state index contributed by atoms with van der Waals surface area (Å²) in [4.78, 5) is 5.31. The molecule has 0 bridgehead atoms. The van der Waals surface area contributed by atoms with Crippen LogP contribution in [0, 0.1) is 6.92 Å². The Bertz CT molecular complexity index is 4090. The van der Waals surface area contributed by atoms with E-state index in [1.807, 2.05) is 0 Å². The van der Waals surface area contributed by atoms with Crippen LogP contribution in [-0.4, -0.2) is 6.71 Å². The van der Waals surface area contributed by atoms with Crippen LogP contribution in [0.25, 0.3) is 33.1 Å². The molecule has 0 unspecified atom stereocenters. The molecule has 0 fully saturated rings. The first-order valence-corrected chi connectivity index (χ1v) is 27.2. The van der Waals surface area contributed by atoms with Gasteiger partial charge in [0.1, 0.15) is 11.2 Å². The van der Waals surface area contributed by atoms with Crippen LogP contribution in [0.5, 0.6) is 0 Å². The van der Waals surface area contributed by atoms with Gasteiger partial charge < -0.3 is 14.2 Å². The fourth-order valence-corrected chi connectivity index (χ4v) is 14.5. The SMILES string of the molecule is Cc1cc2c3c(c1)N(c1cccc4oc5ccccc5c14)c1cc4c(cc1B3c1cc3c(cc1N2c1ccc(C(C)(C)C)cc1-c1ccccc1)C(C)(C)c1ccccc1C3(C)C)C(C)(C)c1ccccc1C4(C)C. The highest BCUT2D eigenvalue weighted by atomic mass is 16.3. The standard InChI is InChI=1S/C71H65BN2O/c1-42-35-61-66-62(36-42)74(58-30-22-32-64-65(58)45-25-16-21-31-63(45)75-64)60-41-54-52(69(7,8)48-27-18-20-29-50(48)71(54,11)12)39-56(60)72(66)55-38-51-53(70(9,10)49-28-19-17-26-47(49)68(51,5)6)40-59(55)73(61)57-34-33-44(67(2,3)4)37-46(57)43-23-14-13-15-24-43/h13-41H,1-12H3. The largest absolute Gasteiger partial charge is 0.456 e. The van der Waals surface area contributed by atoms with E-state index >= 15 is 0 Å². The summed E-state index contributed by atoms with van der Waals surface area (Å²) < 4.78 is 6.74. The first kappa shape index (κ1) is 46.0. The summed E-state index contributed by atoms with van der Waals surface area (Å²) in [6.45, 7) is 28.8. The minimum atomic E-state index is -0.259. The minimum Gasteiger partial charge on any atom is -0.456 e. The molecule has 75 heavy (non-hydrogen) atoms. The van der Waals surface area contributed by atoms with Crippen LogP contribution in [0.15, 0.2) is 180 Å². The van der Waals surface area contributed by atoms with Crippen molar-refractivity contribution in [1.29, 1.82) is 0 Å². The molecule has 4 aliphatic rings. The number of anilines is 6. The molecule has 0 atom stereocenters. The zero-order valence-electron chi connectivity index (χ0n) is 45.6. The summed E-state index contributed by atoms with van der Waals surface area (Å²) in [6, 6.07) is 67.6. The first-order chi connectivity index (χ1) is 35.8. The molecule has 0 amide bonds. The molecule has 2 aliphatic carbocycles. The average molecular weight is 973 g/mol. The van der Waals surface area contributed by atoms with Crippen molar-refractivity contribution in [2.45, 2.75) is 110 Å². The molecule has 368 valence electrons. The highest BCUT2D eigenvalue weighted by molar-refractivity contribution is 7.00. The quantitative estimate of drug-likeness (QED) is 0.165. The van der Waals surface area contributed by atoms with Crippen LogP contribution in [0.1, 0.15) is 132 Å². The summed E-state index contributed by atoms with van der Waals surface area (Å²) in [7, 11) is 0. The van der Waals surface area contributed by atoms with E-state index in [0.29, 0.717) is 0 Å². The van der Waals surface area contributed by atoms with Crippen molar-refractivity contribution in [1.82, 2.24) is 0 Å². The molecule has 10 aromatic rings. The van der Waals surface area contributed by atoms with Gasteiger partial charge in [-0.1, -0.05) is 197 Å². The van der Waals surface area contributed by atoms with Crippen LogP contribution < -0.4 is 26.2 Å². The molecule has 0 saturated heterocycles. The lowest BCUT2D eigenvalue weighted by Crippen LogP contribution is -2.62. The van der Waals surface area contributed by atoms with E-state index in [2.05, 4.69) is 269 Å². The Kier molecular flexibility index (Phi) is 9.38. The predicted octanol–water partition coefficient (Wildman–Crippen LogP) is 16.9. The average Bonchev–Trinajstić information content (AvgIpc) is 3.86. The molecule has 3 heterocycles. The molecule has 0 N–H and O–H groups in total. The summed E-state index contributed by atoms with van der Waals surface area (Å²) in [5, 5.41) is 2.25. The Morgan fingerprint density at radius 1 is 0.400 bits per heavy atom. The maximum absolute atomic E-state index is 6.74. The Morgan fingerprint density at radius 3 is 1.40 bits per heavy atom. The van der Waals surface area contributed by atoms with Crippen molar-refractivity contribution in [3.05, 3.63) is 232 Å². The zero-order valence-corrected chi connectivity index (χ0v) is 45.6. The Hall–Kier alpha value is -7.56. The second-order valence-electron chi connectivity index (χ2n) is 25.4. The molecule has 14 rings (SSSR count). The number of nitrogens with zero attached hydrogens (tertiary/aromatic N) is 2. The molecule has 0 spiro atoms. The van der Waals surface area contributed by atoms with Gasteiger partial charge in [-0.05, 0) is 145 Å². The highest BCUT2D eigenvalue weighted by Gasteiger charge is 2.50. The normalized spacial score (nSPS) is 16.9. The molecule has 9 aromatic carbocycles. The van der Waals surface area contributed by atoms with Crippen LogP contribution >= 0.6 is 0 Å². The lowest BCUT2D eigenvalue weighted by molar-refractivity contribution is 0.521. The van der Waals surface area contributed by atoms with Crippen molar-refractivity contribution >= 4 is 79.2 Å². The Morgan fingerprint density at radius 2 is 0.867 bits per heavy atom. The van der Waals surface area contributed by atoms with Gasteiger partial charge in [-0.2, -0.15) is 0 Å². The number of rotatable bonds is 3. The van der Waals surface area contributed by atoms with Crippen LogP contribution in [0.2, 0.25) is 0 Å². The van der Waals surface area contributed by atoms with E-state index in [0.717, 1.165) is 27.6 Å². The summed E-state index contributed by atoms with van der Waals surface area (Å²) in [6.07, 6.45) is 0. The molecule has 0 radical (unpaired) electrons. The second-order valence-corrected chi connectivity index (χ2v) is 25.4. The predicted molar refractivity (Wildman–Crippen MR) is 318 cm³/mol. The van der Waals surface area contributed by atoms with Gasteiger partial charge in [0, 0.05) is 55.4 Å². The van der Waals surface area contributed by atoms with Gasteiger partial charge in [0.15, 0.2) is 0 Å². The van der Waals surface area contributed by atoms with Gasteiger partial charge in [-0.3, -0.25) is 0 Å². The summed E-state index contributed by atoms with van der Waals surface area (Å²) >= 11 is 0. The second kappa shape index (κ2) is 15.3. The van der Waals surface area contributed by atoms with Gasteiger partial charge in [-0.15, -0.1) is 0 Å². The number of furan rings is 1. The van der Waals surface area contributed by atoms with E-state index in [4.69, 9.17) is 4.42 Å². The van der Waals surface area contributed by atoms with E-state index in [1.165, 1.54) is 112 Å². The monoisotopic (exact) mass is 973 g/mol. The Balaban J connectivity index is 1.16. The molecular formula is C71H65BN2O. The van der Waals surface area contributed by atoms with Gasteiger partial charge in [0.05, 0.1) is 16.8 Å². The number of aryl methyl sites for hydroxylation is 1. The number of benzene rings is 9. The smallest absolute Gasteiger partial charge is 0.252 e. The summed E-state index contributed by atoms with van der Waals surface area (Å²) in [5.41, 5.74) is 28.1. The van der Waals surface area contributed by atoms with Crippen molar-refractivity contribution < 1.29 is 4.42 Å². The molecule has 1 aromatic heterocycles. The number of hydrogen-bond donors (Lipinski definition) is 0. The van der Waals surface area contributed by atoms with Crippen LogP contribution in [0.3, 0.4) is 0 Å². The molecule has 4 heteroatoms. The third-order valence-corrected chi connectivity index (χ3v) is 18.5. The van der Waals surface area contributed by atoms with Crippen LogP contribution in [-0.2, 0) is 27.1 Å². The van der Waals surface area contributed by atoms with Gasteiger partial charge in [0.25, 0.3) is 6.71 Å². The molecule has 0 saturated carbocycles. The van der Waals surface area contributed by atoms with Crippen molar-refractivity contribution in [2.75, 3.05) is 9.80 Å². The van der Waals surface area contributed by atoms with E-state index in [9.17, 15) is 0 Å². The van der Waals surface area contributed by atoms with Gasteiger partial charge >= 0.3 is 0 Å². The van der Waals surface area contributed by atoms with Crippen molar-refractivity contribution in [2.24, 2.45) is 0 Å². The lowest BCUT2D eigenvalue weighted by atomic mass is 9.32. The molecule has 3 nitrogen and oxygen atoms in total. The van der Waals surface area contributed by atoms with Crippen molar-refractivity contribution in [3.63, 3.8) is 0 Å². The van der Waals surface area contributed by atoms with Crippen LogP contribution in [0.4, 0.5) is 34.1 Å². The third kappa shape index (κ3) is 6.23. The van der Waals surface area contributed by atoms with E-state index in [-0.39, 0.29) is 33.8 Å². The van der Waals surface area contributed by atoms with Gasteiger partial charge in [0.2, 0.25) is 0 Å². The zero-order chi connectivity index (χ0) is 51.9. The number of hydrogen-bond acceptors (Lipinski definition) is 3. The molecule has 2 aliphatic heterocycles. The minimum absolute atomic E-state index is 0.0536. The maximum atomic E-state index is 6.74. The van der Waals surface area contributed by atoms with Gasteiger partial charge in [-0.25, -0.2) is 0 Å². The molecular weight excluding hydrogens is 908 g/mol. The highest BCUT2D eigenvalue weighted by Crippen LogP contribution is 2.56. The fourth-order valence-electron chi connectivity index (χ4n) is 14.5. The number of para-hydroxylation sites is 1. The van der Waals surface area contributed by atoms with E-state index < -0.39 is 0 Å². The van der Waals surface area contributed by atoms with Crippen molar-refractivity contribution in [3.8, 4) is 11.1 Å². The number of fused-ring (bicyclic) bond motifs is 11. The maximum Gasteiger partial charge on any atom is 0.252 e. The topological polar surface area (TPSA) is 19.6 Å². The van der Waals surface area contributed by atoms with E-state index in [1.54, 1.807) is 0 Å². The lowest BCUT2D eigenvalue weighted by Gasteiger charge is -2.49. The first-order valence-electron chi connectivity index (χ1n) is 27.2. The summed E-state index contributed by atoms with van der Waals surface area (Å²) in [5.74, 6) is 0. The Labute approximate surface area is 444 Å². The fraction of sp³-hybridized carbons (Fsp3) is 0.239. The third-order valence-electron chi connectivity index (χ3n) is 18.5.